The van der Waals surface area contributed by atoms with Crippen molar-refractivity contribution in [1.82, 2.24) is 25.4 Å². The van der Waals surface area contributed by atoms with E-state index in [9.17, 15) is 4.79 Å². The van der Waals surface area contributed by atoms with Crippen LogP contribution in [0.25, 0.3) is 0 Å². The predicted octanol–water partition coefficient (Wildman–Crippen LogP) is -0.757. The number of nitrogens with one attached hydrogen (secondary N) is 2. The van der Waals surface area contributed by atoms with Gasteiger partial charge >= 0.3 is 0 Å². The maximum Gasteiger partial charge on any atom is 0.237 e. The number of piperazine rings is 1. The molecule has 2 fully saturated rings. The standard InChI is InChI=1S/C10H15N5O/c16-10-8(11-3-4-12-10)5-9-14-13-6-15(9)7-1-2-7/h6-8,11H,1-5H2,(H,12,16). The van der Waals surface area contributed by atoms with Crippen molar-refractivity contribution in [1.29, 1.82) is 0 Å². The summed E-state index contributed by atoms with van der Waals surface area (Å²) >= 11 is 0. The largest absolute Gasteiger partial charge is 0.353 e. The third-order valence-corrected chi connectivity index (χ3v) is 3.11. The Balaban J connectivity index is 1.72. The van der Waals surface area contributed by atoms with Crippen molar-refractivity contribution in [3.63, 3.8) is 0 Å². The second-order valence-corrected chi connectivity index (χ2v) is 4.39. The molecule has 6 heteroatoms. The first-order valence-electron chi connectivity index (χ1n) is 5.74. The van der Waals surface area contributed by atoms with Crippen LogP contribution in [-0.4, -0.2) is 39.8 Å². The average Bonchev–Trinajstić information content (AvgIpc) is 3.03. The minimum Gasteiger partial charge on any atom is -0.353 e. The molecule has 1 aliphatic heterocycles. The van der Waals surface area contributed by atoms with Crippen LogP contribution in [0.2, 0.25) is 0 Å². The van der Waals surface area contributed by atoms with Crippen LogP contribution >= 0.6 is 0 Å². The van der Waals surface area contributed by atoms with Gasteiger partial charge in [-0.05, 0) is 12.8 Å². The van der Waals surface area contributed by atoms with Gasteiger partial charge in [0.15, 0.2) is 0 Å². The molecule has 0 aromatic carbocycles. The molecule has 1 aliphatic carbocycles. The van der Waals surface area contributed by atoms with E-state index >= 15 is 0 Å². The van der Waals surface area contributed by atoms with Gasteiger partial charge in [-0.3, -0.25) is 4.79 Å². The number of rotatable bonds is 3. The molecule has 1 saturated carbocycles. The summed E-state index contributed by atoms with van der Waals surface area (Å²) in [5, 5.41) is 14.1. The van der Waals surface area contributed by atoms with Crippen molar-refractivity contribution < 1.29 is 4.79 Å². The van der Waals surface area contributed by atoms with Gasteiger partial charge in [-0.15, -0.1) is 10.2 Å². The van der Waals surface area contributed by atoms with E-state index in [4.69, 9.17) is 0 Å². The fraction of sp³-hybridized carbons (Fsp3) is 0.700. The van der Waals surface area contributed by atoms with Crippen molar-refractivity contribution in [2.24, 2.45) is 0 Å². The third kappa shape index (κ3) is 1.80. The molecule has 6 nitrogen and oxygen atoms in total. The van der Waals surface area contributed by atoms with Gasteiger partial charge < -0.3 is 15.2 Å². The highest BCUT2D eigenvalue weighted by molar-refractivity contribution is 5.82. The molecule has 1 aromatic rings. The Bertz CT molecular complexity index is 398. The van der Waals surface area contributed by atoms with Gasteiger partial charge in [0.1, 0.15) is 12.2 Å². The summed E-state index contributed by atoms with van der Waals surface area (Å²) in [5.74, 6) is 0.980. The van der Waals surface area contributed by atoms with Gasteiger partial charge in [0.25, 0.3) is 0 Å². The topological polar surface area (TPSA) is 71.8 Å². The molecule has 2 heterocycles. The lowest BCUT2D eigenvalue weighted by Gasteiger charge is -2.23. The van der Waals surface area contributed by atoms with Gasteiger partial charge in [-0.2, -0.15) is 0 Å². The van der Waals surface area contributed by atoms with Crippen molar-refractivity contribution >= 4 is 5.91 Å². The van der Waals surface area contributed by atoms with E-state index in [0.29, 0.717) is 19.0 Å². The second-order valence-electron chi connectivity index (χ2n) is 4.39. The lowest BCUT2D eigenvalue weighted by Crippen LogP contribution is -2.54. The summed E-state index contributed by atoms with van der Waals surface area (Å²) in [6.07, 6.45) is 4.81. The lowest BCUT2D eigenvalue weighted by molar-refractivity contribution is -0.124. The van der Waals surface area contributed by atoms with Crippen LogP contribution in [0.5, 0.6) is 0 Å². The summed E-state index contributed by atoms with van der Waals surface area (Å²) in [6.45, 7) is 1.54. The first-order valence-corrected chi connectivity index (χ1v) is 5.74. The average molecular weight is 221 g/mol. The van der Waals surface area contributed by atoms with E-state index in [1.807, 2.05) is 0 Å². The summed E-state index contributed by atoms with van der Waals surface area (Å²) in [6, 6.07) is 0.409. The fourth-order valence-corrected chi connectivity index (χ4v) is 2.07. The minimum atomic E-state index is -0.157. The van der Waals surface area contributed by atoms with E-state index in [2.05, 4.69) is 25.4 Å². The number of carbonyl (C=O) groups excluding carboxylic acids is 1. The molecule has 86 valence electrons. The lowest BCUT2D eigenvalue weighted by atomic mass is 10.1. The van der Waals surface area contributed by atoms with E-state index in [1.165, 1.54) is 12.8 Å². The van der Waals surface area contributed by atoms with Crippen LogP contribution < -0.4 is 10.6 Å². The van der Waals surface area contributed by atoms with Crippen LogP contribution in [0.15, 0.2) is 6.33 Å². The highest BCUT2D eigenvalue weighted by Crippen LogP contribution is 2.35. The third-order valence-electron chi connectivity index (χ3n) is 3.11. The molecular formula is C10H15N5O. The van der Waals surface area contributed by atoms with Crippen LogP contribution in [0.1, 0.15) is 24.7 Å². The summed E-state index contributed by atoms with van der Waals surface area (Å²) in [7, 11) is 0. The van der Waals surface area contributed by atoms with Gasteiger partial charge in [-0.1, -0.05) is 0 Å². The van der Waals surface area contributed by atoms with E-state index in [-0.39, 0.29) is 11.9 Å². The monoisotopic (exact) mass is 221 g/mol. The summed E-state index contributed by atoms with van der Waals surface area (Å²) in [4.78, 5) is 11.6. The smallest absolute Gasteiger partial charge is 0.237 e. The molecule has 1 aromatic heterocycles. The molecule has 2 N–H and O–H groups in total. The van der Waals surface area contributed by atoms with Crippen molar-refractivity contribution in [3.8, 4) is 0 Å². The molecule has 1 unspecified atom stereocenters. The molecule has 1 saturated heterocycles. The van der Waals surface area contributed by atoms with Crippen LogP contribution in [0.3, 0.4) is 0 Å². The van der Waals surface area contributed by atoms with Crippen LogP contribution in [-0.2, 0) is 11.2 Å². The molecule has 0 radical (unpaired) electrons. The van der Waals surface area contributed by atoms with Crippen LogP contribution in [0.4, 0.5) is 0 Å². The zero-order chi connectivity index (χ0) is 11.0. The molecule has 0 spiro atoms. The Morgan fingerprint density at radius 3 is 3.06 bits per heavy atom. The van der Waals surface area contributed by atoms with Gasteiger partial charge in [0, 0.05) is 25.6 Å². The van der Waals surface area contributed by atoms with Gasteiger partial charge in [0.2, 0.25) is 5.91 Å². The highest BCUT2D eigenvalue weighted by Gasteiger charge is 2.29. The van der Waals surface area contributed by atoms with Gasteiger partial charge in [-0.25, -0.2) is 0 Å². The zero-order valence-corrected chi connectivity index (χ0v) is 9.02. The van der Waals surface area contributed by atoms with Gasteiger partial charge in [0.05, 0.1) is 6.04 Å². The summed E-state index contributed by atoms with van der Waals surface area (Å²) in [5.41, 5.74) is 0. The Labute approximate surface area is 93.4 Å². The Morgan fingerprint density at radius 1 is 1.44 bits per heavy atom. The molecule has 0 bridgehead atoms. The number of carbonyl (C=O) groups is 1. The molecule has 1 atom stereocenters. The van der Waals surface area contributed by atoms with Crippen molar-refractivity contribution in [3.05, 3.63) is 12.2 Å². The Morgan fingerprint density at radius 2 is 2.31 bits per heavy atom. The normalized spacial score (nSPS) is 25.5. The van der Waals surface area contributed by atoms with E-state index in [0.717, 1.165) is 12.4 Å². The number of nitrogens with zero attached hydrogens (tertiary/aromatic N) is 3. The quantitative estimate of drug-likeness (QED) is 0.704. The summed E-state index contributed by atoms with van der Waals surface area (Å²) < 4.78 is 2.10. The molecule has 2 aliphatic rings. The molecular weight excluding hydrogens is 206 g/mol. The molecule has 1 amide bonds. The van der Waals surface area contributed by atoms with E-state index in [1.54, 1.807) is 6.33 Å². The zero-order valence-electron chi connectivity index (χ0n) is 9.02. The first kappa shape index (κ1) is 9.77. The predicted molar refractivity (Wildman–Crippen MR) is 56.8 cm³/mol. The number of hydrogen-bond acceptors (Lipinski definition) is 4. The Hall–Kier alpha value is -1.43. The number of amides is 1. The molecule has 3 rings (SSSR count). The van der Waals surface area contributed by atoms with Crippen molar-refractivity contribution in [2.45, 2.75) is 31.3 Å². The second kappa shape index (κ2) is 3.86. The maximum absolute atomic E-state index is 11.6. The maximum atomic E-state index is 11.6. The van der Waals surface area contributed by atoms with E-state index < -0.39 is 0 Å². The number of aromatic nitrogens is 3. The highest BCUT2D eigenvalue weighted by atomic mass is 16.2. The fourth-order valence-electron chi connectivity index (χ4n) is 2.07. The van der Waals surface area contributed by atoms with Crippen molar-refractivity contribution in [2.75, 3.05) is 13.1 Å². The molecule has 16 heavy (non-hydrogen) atoms. The minimum absolute atomic E-state index is 0.0663. The first-order chi connectivity index (χ1) is 7.84. The Kier molecular flexibility index (Phi) is 2.36. The van der Waals surface area contributed by atoms with Crippen LogP contribution in [0, 0.1) is 0 Å². The SMILES string of the molecule is O=C1NCCNC1Cc1nncn1C1CC1. The number of hydrogen-bond donors (Lipinski definition) is 2.